The van der Waals surface area contributed by atoms with Crippen molar-refractivity contribution in [2.75, 3.05) is 13.2 Å². The summed E-state index contributed by atoms with van der Waals surface area (Å²) in [6.45, 7) is 7.64. The maximum absolute atomic E-state index is 6.53. The third-order valence-electron chi connectivity index (χ3n) is 5.11. The van der Waals surface area contributed by atoms with Crippen LogP contribution in [0.25, 0.3) is 0 Å². The number of allylic oxidation sites excluding steroid dienone is 4. The van der Waals surface area contributed by atoms with Gasteiger partial charge in [0.25, 0.3) is 0 Å². The van der Waals surface area contributed by atoms with E-state index >= 15 is 0 Å². The molecule has 0 aromatic carbocycles. The Morgan fingerprint density at radius 1 is 1.16 bits per heavy atom. The molecule has 0 unspecified atom stereocenters. The molecule has 2 aliphatic carbocycles. The summed E-state index contributed by atoms with van der Waals surface area (Å²) in [7, 11) is 0. The quantitative estimate of drug-likeness (QED) is 0.527. The van der Waals surface area contributed by atoms with E-state index in [0.717, 1.165) is 35.2 Å². The van der Waals surface area contributed by atoms with Gasteiger partial charge in [-0.25, -0.2) is 0 Å². The first-order valence-electron chi connectivity index (χ1n) is 9.95. The van der Waals surface area contributed by atoms with Gasteiger partial charge >= 0.3 is 0 Å². The lowest BCUT2D eigenvalue weighted by Gasteiger charge is -2.22. The third kappa shape index (κ3) is 7.07. The van der Waals surface area contributed by atoms with Crippen molar-refractivity contribution in [2.45, 2.75) is 78.2 Å². The van der Waals surface area contributed by atoms with Crippen LogP contribution in [0, 0.1) is 5.92 Å². The van der Waals surface area contributed by atoms with Crippen molar-refractivity contribution in [3.8, 4) is 0 Å². The van der Waals surface area contributed by atoms with Gasteiger partial charge in [0.1, 0.15) is 0 Å². The Morgan fingerprint density at radius 3 is 2.48 bits per heavy atom. The average Bonchev–Trinajstić information content (AvgIpc) is 3.44. The standard InChI is InChI=1S/C21H34ClN3/c1-4-20(22)21(25-15-24-18-9-7-6-8-10-18)19(14-23-5-2)16(3)13-17-11-12-17/h4,14,17-18,24H,5-13,15H2,1-3H3/b19-16?,20-4+,23-14?,25-21?. The van der Waals surface area contributed by atoms with Gasteiger partial charge in [0.15, 0.2) is 0 Å². The fourth-order valence-electron chi connectivity index (χ4n) is 3.41. The number of aliphatic imine (C=N–C) groups is 2. The van der Waals surface area contributed by atoms with Crippen LogP contribution in [0.1, 0.15) is 72.1 Å². The predicted molar refractivity (Wildman–Crippen MR) is 111 cm³/mol. The molecule has 0 aliphatic heterocycles. The highest BCUT2D eigenvalue weighted by molar-refractivity contribution is 6.48. The normalized spacial score (nSPS) is 21.8. The van der Waals surface area contributed by atoms with Crippen molar-refractivity contribution in [1.82, 2.24) is 5.32 Å². The molecule has 0 spiro atoms. The SMILES string of the molecule is C/C=C(/Cl)C(=NCNC1CCCCC1)C(C=NCC)=C(C)CC1CC1. The summed E-state index contributed by atoms with van der Waals surface area (Å²) in [5.41, 5.74) is 3.36. The van der Waals surface area contributed by atoms with Crippen molar-refractivity contribution in [3.63, 3.8) is 0 Å². The molecule has 2 aliphatic rings. The van der Waals surface area contributed by atoms with E-state index in [0.29, 0.717) is 12.7 Å². The molecule has 0 saturated heterocycles. The van der Waals surface area contributed by atoms with Crippen LogP contribution < -0.4 is 5.32 Å². The summed E-state index contributed by atoms with van der Waals surface area (Å²) in [5.74, 6) is 0.844. The highest BCUT2D eigenvalue weighted by atomic mass is 35.5. The van der Waals surface area contributed by atoms with Crippen molar-refractivity contribution in [1.29, 1.82) is 0 Å². The lowest BCUT2D eigenvalue weighted by Crippen LogP contribution is -2.31. The molecule has 0 bridgehead atoms. The molecule has 140 valence electrons. The monoisotopic (exact) mass is 363 g/mol. The summed E-state index contributed by atoms with van der Waals surface area (Å²) in [5, 5.41) is 4.31. The zero-order valence-electron chi connectivity index (χ0n) is 16.2. The molecular formula is C21H34ClN3. The lowest BCUT2D eigenvalue weighted by molar-refractivity contribution is 0.378. The first-order chi connectivity index (χ1) is 12.2. The van der Waals surface area contributed by atoms with Crippen LogP contribution >= 0.6 is 11.6 Å². The zero-order chi connectivity index (χ0) is 18.1. The van der Waals surface area contributed by atoms with Crippen LogP contribution in [-0.4, -0.2) is 31.2 Å². The molecule has 0 aromatic rings. The molecule has 25 heavy (non-hydrogen) atoms. The van der Waals surface area contributed by atoms with E-state index in [1.165, 1.54) is 50.5 Å². The Bertz CT molecular complexity index is 535. The van der Waals surface area contributed by atoms with Crippen molar-refractivity contribution in [2.24, 2.45) is 15.9 Å². The number of hydrogen-bond donors (Lipinski definition) is 1. The Morgan fingerprint density at radius 2 is 1.88 bits per heavy atom. The first-order valence-corrected chi connectivity index (χ1v) is 10.3. The van der Waals surface area contributed by atoms with E-state index < -0.39 is 0 Å². The summed E-state index contributed by atoms with van der Waals surface area (Å²) < 4.78 is 0. The van der Waals surface area contributed by atoms with E-state index in [9.17, 15) is 0 Å². The van der Waals surface area contributed by atoms with Crippen LogP contribution in [0.4, 0.5) is 0 Å². The zero-order valence-corrected chi connectivity index (χ0v) is 16.9. The Kier molecular flexibility index (Phi) is 8.91. The van der Waals surface area contributed by atoms with Crippen LogP contribution in [0.15, 0.2) is 32.2 Å². The lowest BCUT2D eigenvalue weighted by atomic mass is 9.96. The number of halogens is 1. The summed E-state index contributed by atoms with van der Waals surface area (Å²) in [6.07, 6.45) is 14.3. The molecular weight excluding hydrogens is 330 g/mol. The van der Waals surface area contributed by atoms with Gasteiger partial charge in [-0.1, -0.05) is 42.5 Å². The second-order valence-electron chi connectivity index (χ2n) is 7.31. The molecule has 0 aromatic heterocycles. The Labute approximate surface area is 158 Å². The molecule has 3 nitrogen and oxygen atoms in total. The first kappa shape index (κ1) is 20.4. The molecule has 4 heteroatoms. The predicted octanol–water partition coefficient (Wildman–Crippen LogP) is 5.66. The molecule has 2 rings (SSSR count). The minimum Gasteiger partial charge on any atom is -0.296 e. The number of rotatable bonds is 9. The fourth-order valence-corrected chi connectivity index (χ4v) is 3.57. The van der Waals surface area contributed by atoms with Crippen molar-refractivity contribution >= 4 is 23.5 Å². The highest BCUT2D eigenvalue weighted by Crippen LogP contribution is 2.36. The molecule has 0 heterocycles. The molecule has 2 saturated carbocycles. The molecule has 0 atom stereocenters. The average molecular weight is 364 g/mol. The van der Waals surface area contributed by atoms with Gasteiger partial charge in [-0.05, 0) is 58.8 Å². The van der Waals surface area contributed by atoms with Gasteiger partial charge in [0.05, 0.1) is 17.4 Å². The van der Waals surface area contributed by atoms with E-state index in [1.54, 1.807) is 0 Å². The number of nitrogens with one attached hydrogen (secondary N) is 1. The van der Waals surface area contributed by atoms with Crippen molar-refractivity contribution < 1.29 is 0 Å². The maximum atomic E-state index is 6.53. The number of hydrogen-bond acceptors (Lipinski definition) is 3. The van der Waals surface area contributed by atoms with E-state index in [2.05, 4.69) is 24.2 Å². The summed E-state index contributed by atoms with van der Waals surface area (Å²) >= 11 is 6.53. The van der Waals surface area contributed by atoms with Crippen LogP contribution in [0.5, 0.6) is 0 Å². The Hall–Kier alpha value is -0.930. The molecule has 2 fully saturated rings. The minimum atomic E-state index is 0.604. The van der Waals surface area contributed by atoms with Crippen LogP contribution in [-0.2, 0) is 0 Å². The Balaban J connectivity index is 2.15. The van der Waals surface area contributed by atoms with Crippen LogP contribution in [0.3, 0.4) is 0 Å². The minimum absolute atomic E-state index is 0.604. The van der Waals surface area contributed by atoms with Gasteiger partial charge in [0, 0.05) is 24.4 Å². The van der Waals surface area contributed by atoms with Gasteiger partial charge in [-0.3, -0.25) is 15.3 Å². The topological polar surface area (TPSA) is 36.8 Å². The second-order valence-corrected chi connectivity index (χ2v) is 7.72. The molecule has 1 N–H and O–H groups in total. The van der Waals surface area contributed by atoms with E-state index in [4.69, 9.17) is 16.6 Å². The maximum Gasteiger partial charge on any atom is 0.0894 e. The highest BCUT2D eigenvalue weighted by Gasteiger charge is 2.23. The number of nitrogens with zero attached hydrogens (tertiary/aromatic N) is 2. The third-order valence-corrected chi connectivity index (χ3v) is 5.51. The summed E-state index contributed by atoms with van der Waals surface area (Å²) in [4.78, 5) is 9.33. The van der Waals surface area contributed by atoms with Crippen molar-refractivity contribution in [3.05, 3.63) is 22.3 Å². The smallest absolute Gasteiger partial charge is 0.0894 e. The van der Waals surface area contributed by atoms with E-state index in [1.807, 2.05) is 19.2 Å². The molecule has 0 amide bonds. The van der Waals surface area contributed by atoms with Gasteiger partial charge in [-0.15, -0.1) is 0 Å². The van der Waals surface area contributed by atoms with Gasteiger partial charge in [0.2, 0.25) is 0 Å². The fraction of sp³-hybridized carbons (Fsp3) is 0.714. The van der Waals surface area contributed by atoms with Crippen LogP contribution in [0.2, 0.25) is 0 Å². The summed E-state index contributed by atoms with van der Waals surface area (Å²) in [6, 6.07) is 0.604. The second kappa shape index (κ2) is 10.9. The largest absolute Gasteiger partial charge is 0.296 e. The van der Waals surface area contributed by atoms with Gasteiger partial charge < -0.3 is 0 Å². The van der Waals surface area contributed by atoms with E-state index in [-0.39, 0.29) is 0 Å². The van der Waals surface area contributed by atoms with Gasteiger partial charge in [-0.2, -0.15) is 0 Å². The molecule has 0 radical (unpaired) electrons.